The van der Waals surface area contributed by atoms with E-state index < -0.39 is 23.5 Å². The highest BCUT2D eigenvalue weighted by atomic mass is 19.1. The van der Waals surface area contributed by atoms with Crippen LogP contribution in [0.2, 0.25) is 0 Å². The third-order valence-corrected chi connectivity index (χ3v) is 8.56. The van der Waals surface area contributed by atoms with Crippen molar-refractivity contribution < 1.29 is 33.3 Å². The van der Waals surface area contributed by atoms with Gasteiger partial charge in [-0.1, -0.05) is 0 Å². The van der Waals surface area contributed by atoms with Crippen molar-refractivity contribution in [3.05, 3.63) is 50.8 Å². The third kappa shape index (κ3) is 5.30. The number of ether oxygens (including phenoxy) is 3. The molecule has 2 aromatic carbocycles. The predicted molar refractivity (Wildman–Crippen MR) is 153 cm³/mol. The summed E-state index contributed by atoms with van der Waals surface area (Å²) in [7, 11) is 0. The normalized spacial score (nSPS) is 19.5. The molecule has 0 radical (unpaired) electrons. The standard InChI is InChI=1S/C32H41FN2O6/c1-17-16-39-12-10-35(17)31(38)34-14-23-19(3)26(22-13-25(33)28-21(18(22)2)9-8-11-40-28)27(20(4)24(23)15-34)29(30(36)37)41-32(5,6)7/h13,17,29H,8-12,14-16H2,1-7H3,(H,36,37)/t17-,29-/m0/s1. The van der Waals surface area contributed by atoms with Crippen LogP contribution in [0, 0.1) is 26.6 Å². The predicted octanol–water partition coefficient (Wildman–Crippen LogP) is 5.84. The van der Waals surface area contributed by atoms with Gasteiger partial charge in [0.2, 0.25) is 0 Å². The van der Waals surface area contributed by atoms with E-state index in [0.29, 0.717) is 62.6 Å². The van der Waals surface area contributed by atoms with Crippen LogP contribution in [0.5, 0.6) is 5.75 Å². The number of halogens is 1. The van der Waals surface area contributed by atoms with Gasteiger partial charge >= 0.3 is 12.0 Å². The van der Waals surface area contributed by atoms with Gasteiger partial charge in [-0.2, -0.15) is 0 Å². The van der Waals surface area contributed by atoms with E-state index in [1.54, 1.807) is 0 Å². The Kier molecular flexibility index (Phi) is 7.80. The maximum Gasteiger partial charge on any atom is 0.337 e. The molecule has 9 heteroatoms. The Balaban J connectivity index is 1.71. The number of hydrogen-bond donors (Lipinski definition) is 1. The monoisotopic (exact) mass is 568 g/mol. The van der Waals surface area contributed by atoms with Crippen LogP contribution in [-0.4, -0.2) is 64.9 Å². The molecular formula is C32H41FN2O6. The van der Waals surface area contributed by atoms with Gasteiger partial charge in [0.15, 0.2) is 17.7 Å². The van der Waals surface area contributed by atoms with E-state index in [1.807, 2.05) is 58.3 Å². The molecule has 222 valence electrons. The topological polar surface area (TPSA) is 88.5 Å². The van der Waals surface area contributed by atoms with Crippen molar-refractivity contribution in [1.82, 2.24) is 9.80 Å². The minimum absolute atomic E-state index is 0.0341. The van der Waals surface area contributed by atoms with Crippen LogP contribution in [0.1, 0.15) is 79.2 Å². The van der Waals surface area contributed by atoms with Crippen LogP contribution in [0.4, 0.5) is 9.18 Å². The first-order chi connectivity index (χ1) is 19.3. The number of amides is 2. The largest absolute Gasteiger partial charge is 0.490 e. The summed E-state index contributed by atoms with van der Waals surface area (Å²) in [5.41, 5.74) is 6.26. The lowest BCUT2D eigenvalue weighted by molar-refractivity contribution is -0.160. The Bertz CT molecular complexity index is 1400. The Morgan fingerprint density at radius 2 is 1.76 bits per heavy atom. The Labute approximate surface area is 241 Å². The van der Waals surface area contributed by atoms with E-state index in [9.17, 15) is 14.7 Å². The maximum absolute atomic E-state index is 15.5. The SMILES string of the molecule is Cc1c(-c2c(C)c3c(c(C)c2[C@H](OC(C)(C)C)C(=O)O)CN(C(=O)N2CCOC[C@@H]2C)C3)cc(F)c2c1CCCO2. The fourth-order valence-electron chi connectivity index (χ4n) is 6.53. The van der Waals surface area contributed by atoms with Gasteiger partial charge in [-0.15, -0.1) is 0 Å². The van der Waals surface area contributed by atoms with Gasteiger partial charge < -0.3 is 29.1 Å². The number of urea groups is 1. The number of morpholine rings is 1. The molecule has 0 saturated carbocycles. The summed E-state index contributed by atoms with van der Waals surface area (Å²) in [6.45, 7) is 16.0. The summed E-state index contributed by atoms with van der Waals surface area (Å²) >= 11 is 0. The van der Waals surface area contributed by atoms with Crippen molar-refractivity contribution in [1.29, 1.82) is 0 Å². The summed E-state index contributed by atoms with van der Waals surface area (Å²) in [5, 5.41) is 10.5. The lowest BCUT2D eigenvalue weighted by Gasteiger charge is -2.36. The van der Waals surface area contributed by atoms with Crippen molar-refractivity contribution in [2.75, 3.05) is 26.4 Å². The molecule has 1 saturated heterocycles. The van der Waals surface area contributed by atoms with Crippen molar-refractivity contribution in [2.45, 2.75) is 92.1 Å². The molecule has 0 aliphatic carbocycles. The van der Waals surface area contributed by atoms with Crippen LogP contribution in [-0.2, 0) is 33.8 Å². The Morgan fingerprint density at radius 1 is 1.07 bits per heavy atom. The van der Waals surface area contributed by atoms with E-state index in [1.165, 1.54) is 6.07 Å². The zero-order valence-electron chi connectivity index (χ0n) is 25.1. The summed E-state index contributed by atoms with van der Waals surface area (Å²) in [6, 6.07) is 1.38. The maximum atomic E-state index is 15.5. The molecule has 0 unspecified atom stereocenters. The van der Waals surface area contributed by atoms with Crippen LogP contribution in [0.3, 0.4) is 0 Å². The number of hydrogen-bond acceptors (Lipinski definition) is 5. The molecule has 3 heterocycles. The molecule has 0 aromatic heterocycles. The van der Waals surface area contributed by atoms with Crippen LogP contribution >= 0.6 is 0 Å². The number of benzene rings is 2. The highest BCUT2D eigenvalue weighted by Crippen LogP contribution is 2.47. The first-order valence-corrected chi connectivity index (χ1v) is 14.4. The molecule has 41 heavy (non-hydrogen) atoms. The molecule has 2 amide bonds. The Hall–Kier alpha value is -3.17. The number of carbonyl (C=O) groups is 2. The zero-order valence-corrected chi connectivity index (χ0v) is 25.1. The zero-order chi connectivity index (χ0) is 29.8. The summed E-state index contributed by atoms with van der Waals surface area (Å²) in [5.74, 6) is -1.28. The van der Waals surface area contributed by atoms with Crippen molar-refractivity contribution in [3.8, 4) is 16.9 Å². The van der Waals surface area contributed by atoms with E-state index in [-0.39, 0.29) is 17.8 Å². The molecule has 0 spiro atoms. The summed E-state index contributed by atoms with van der Waals surface area (Å²) in [6.07, 6.45) is 0.187. The number of aliphatic carboxylic acids is 1. The highest BCUT2D eigenvalue weighted by molar-refractivity contribution is 5.86. The minimum Gasteiger partial charge on any atom is -0.490 e. The van der Waals surface area contributed by atoms with Gasteiger partial charge in [0.05, 0.1) is 31.5 Å². The van der Waals surface area contributed by atoms with Crippen molar-refractivity contribution in [3.63, 3.8) is 0 Å². The summed E-state index contributed by atoms with van der Waals surface area (Å²) in [4.78, 5) is 30.1. The number of carboxylic acid groups (broad SMARTS) is 1. The number of fused-ring (bicyclic) bond motifs is 2. The molecule has 8 nitrogen and oxygen atoms in total. The fraction of sp³-hybridized carbons (Fsp3) is 0.562. The van der Waals surface area contributed by atoms with E-state index in [2.05, 4.69) is 0 Å². The summed E-state index contributed by atoms with van der Waals surface area (Å²) < 4.78 is 32.9. The van der Waals surface area contributed by atoms with E-state index >= 15 is 4.39 Å². The lowest BCUT2D eigenvalue weighted by Crippen LogP contribution is -2.51. The minimum atomic E-state index is -1.28. The smallest absolute Gasteiger partial charge is 0.337 e. The second-order valence-corrected chi connectivity index (χ2v) is 12.5. The molecular weight excluding hydrogens is 527 g/mol. The van der Waals surface area contributed by atoms with Crippen molar-refractivity contribution in [2.24, 2.45) is 0 Å². The number of carboxylic acids is 1. The Morgan fingerprint density at radius 3 is 2.39 bits per heavy atom. The molecule has 3 aliphatic heterocycles. The first kappa shape index (κ1) is 29.3. The molecule has 1 N–H and O–H groups in total. The van der Waals surface area contributed by atoms with Gasteiger partial charge in [0.25, 0.3) is 0 Å². The van der Waals surface area contributed by atoms with Crippen LogP contribution in [0.15, 0.2) is 6.07 Å². The first-order valence-electron chi connectivity index (χ1n) is 14.4. The quantitative estimate of drug-likeness (QED) is 0.499. The van der Waals surface area contributed by atoms with Gasteiger partial charge in [-0.3, -0.25) is 0 Å². The number of rotatable bonds is 4. The molecule has 2 aromatic rings. The molecule has 3 aliphatic rings. The number of carbonyl (C=O) groups excluding carboxylic acids is 1. The van der Waals surface area contributed by atoms with Gasteiger partial charge in [-0.25, -0.2) is 14.0 Å². The van der Waals surface area contributed by atoms with Crippen LogP contribution in [0.25, 0.3) is 11.1 Å². The average molecular weight is 569 g/mol. The van der Waals surface area contributed by atoms with E-state index in [0.717, 1.165) is 39.8 Å². The molecule has 0 bridgehead atoms. The molecule has 2 atom stereocenters. The highest BCUT2D eigenvalue weighted by Gasteiger charge is 2.39. The van der Waals surface area contributed by atoms with Crippen LogP contribution < -0.4 is 4.74 Å². The van der Waals surface area contributed by atoms with Crippen molar-refractivity contribution >= 4 is 12.0 Å². The second-order valence-electron chi connectivity index (χ2n) is 12.5. The number of nitrogens with zero attached hydrogens (tertiary/aromatic N) is 2. The van der Waals surface area contributed by atoms with Gasteiger partial charge in [-0.05, 0) is 106 Å². The fourth-order valence-corrected chi connectivity index (χ4v) is 6.53. The van der Waals surface area contributed by atoms with E-state index in [4.69, 9.17) is 14.2 Å². The second kappa shape index (κ2) is 10.9. The average Bonchev–Trinajstić information content (AvgIpc) is 3.37. The lowest BCUT2D eigenvalue weighted by atomic mass is 9.81. The third-order valence-electron chi connectivity index (χ3n) is 8.56. The molecule has 5 rings (SSSR count). The molecule has 1 fully saturated rings. The van der Waals surface area contributed by atoms with Gasteiger partial charge in [0.1, 0.15) is 0 Å². The van der Waals surface area contributed by atoms with Gasteiger partial charge in [0, 0.05) is 30.8 Å².